The smallest absolute Gasteiger partial charge is 0.270 e. The van der Waals surface area contributed by atoms with Crippen LogP contribution in [0, 0.1) is 6.92 Å². The van der Waals surface area contributed by atoms with Crippen molar-refractivity contribution in [2.75, 3.05) is 5.01 Å². The number of furan rings is 1. The fourth-order valence-electron chi connectivity index (χ4n) is 2.87. The number of hydrazone groups is 1. The van der Waals surface area contributed by atoms with E-state index in [1.54, 1.807) is 17.0 Å². The van der Waals surface area contributed by atoms with E-state index in [0.29, 0.717) is 24.4 Å². The van der Waals surface area contributed by atoms with E-state index in [9.17, 15) is 9.59 Å². The van der Waals surface area contributed by atoms with E-state index >= 15 is 0 Å². The summed E-state index contributed by atoms with van der Waals surface area (Å²) < 4.78 is 5.61. The molecule has 0 atom stereocenters. The van der Waals surface area contributed by atoms with Crippen molar-refractivity contribution >= 4 is 23.2 Å². The monoisotopic (exact) mass is 353 g/mol. The van der Waals surface area contributed by atoms with Crippen molar-refractivity contribution in [2.24, 2.45) is 5.10 Å². The Kier molecular flexibility index (Phi) is 5.21. The van der Waals surface area contributed by atoms with Crippen LogP contribution in [0.5, 0.6) is 0 Å². The number of carbonyl (C=O) groups excluding carboxylic acids is 2. The second-order valence-corrected chi connectivity index (χ2v) is 6.63. The zero-order chi connectivity index (χ0) is 18.7. The second kappa shape index (κ2) is 7.56. The molecule has 26 heavy (non-hydrogen) atoms. The molecule has 6 nitrogen and oxygen atoms in total. The van der Waals surface area contributed by atoms with Crippen LogP contribution in [0.15, 0.2) is 52.0 Å². The van der Waals surface area contributed by atoms with Gasteiger partial charge in [-0.1, -0.05) is 18.2 Å². The number of hydrogen-bond donors (Lipinski definition) is 0. The highest BCUT2D eigenvalue weighted by Gasteiger charge is 2.29. The van der Waals surface area contributed by atoms with Crippen molar-refractivity contribution < 1.29 is 14.0 Å². The lowest BCUT2D eigenvalue weighted by Crippen LogP contribution is -2.44. The third kappa shape index (κ3) is 3.85. The van der Waals surface area contributed by atoms with Gasteiger partial charge in [-0.15, -0.1) is 0 Å². The van der Waals surface area contributed by atoms with Gasteiger partial charge in [0.1, 0.15) is 17.2 Å². The Bertz CT molecular complexity index is 824. The topological polar surface area (TPSA) is 66.1 Å². The van der Waals surface area contributed by atoms with Crippen LogP contribution in [-0.4, -0.2) is 28.5 Å². The minimum Gasteiger partial charge on any atom is -0.464 e. The highest BCUT2D eigenvalue weighted by atomic mass is 16.3. The molecular weight excluding hydrogens is 330 g/mol. The molecule has 3 rings (SSSR count). The summed E-state index contributed by atoms with van der Waals surface area (Å²) in [6.45, 7) is 6.16. The Labute approximate surface area is 153 Å². The molecule has 0 unspecified atom stereocenters. The number of carbonyl (C=O) groups is 2. The predicted molar refractivity (Wildman–Crippen MR) is 99.7 cm³/mol. The van der Waals surface area contributed by atoms with Gasteiger partial charge in [-0.2, -0.15) is 5.10 Å². The molecule has 1 aromatic heterocycles. The van der Waals surface area contributed by atoms with Crippen molar-refractivity contribution in [3.05, 3.63) is 54.0 Å². The molecule has 6 heteroatoms. The van der Waals surface area contributed by atoms with Crippen molar-refractivity contribution in [1.29, 1.82) is 0 Å². The summed E-state index contributed by atoms with van der Waals surface area (Å²) in [5.74, 6) is 1.27. The quantitative estimate of drug-likeness (QED) is 0.826. The number of nitrogens with zero attached hydrogens (tertiary/aromatic N) is 3. The molecular formula is C20H23N3O3. The molecule has 1 aromatic carbocycles. The first-order valence-electron chi connectivity index (χ1n) is 8.77. The first-order valence-corrected chi connectivity index (χ1v) is 8.77. The van der Waals surface area contributed by atoms with Gasteiger partial charge < -0.3 is 9.32 Å². The molecule has 0 bridgehead atoms. The maximum atomic E-state index is 13.0. The van der Waals surface area contributed by atoms with Gasteiger partial charge in [-0.25, -0.2) is 5.01 Å². The zero-order valence-electron chi connectivity index (χ0n) is 15.3. The predicted octanol–water partition coefficient (Wildman–Crippen LogP) is 3.51. The Morgan fingerprint density at radius 1 is 1.19 bits per heavy atom. The highest BCUT2D eigenvalue weighted by Crippen LogP contribution is 2.21. The molecule has 2 aromatic rings. The van der Waals surface area contributed by atoms with E-state index in [4.69, 9.17) is 4.42 Å². The van der Waals surface area contributed by atoms with E-state index in [2.05, 4.69) is 5.10 Å². The van der Waals surface area contributed by atoms with Crippen LogP contribution in [0.3, 0.4) is 0 Å². The van der Waals surface area contributed by atoms with Gasteiger partial charge in [-0.3, -0.25) is 9.59 Å². The van der Waals surface area contributed by atoms with Crippen LogP contribution in [-0.2, 0) is 16.1 Å². The van der Waals surface area contributed by atoms with E-state index in [1.165, 1.54) is 5.01 Å². The molecule has 1 aliphatic rings. The largest absolute Gasteiger partial charge is 0.464 e. The van der Waals surface area contributed by atoms with E-state index in [1.807, 2.05) is 51.1 Å². The molecule has 0 aliphatic carbocycles. The molecule has 136 valence electrons. The third-order valence-electron chi connectivity index (χ3n) is 4.29. The summed E-state index contributed by atoms with van der Waals surface area (Å²) >= 11 is 0. The highest BCUT2D eigenvalue weighted by molar-refractivity contribution is 6.40. The van der Waals surface area contributed by atoms with E-state index in [0.717, 1.165) is 11.5 Å². The second-order valence-electron chi connectivity index (χ2n) is 6.63. The Balaban J connectivity index is 1.85. The Morgan fingerprint density at radius 3 is 2.54 bits per heavy atom. The standard InChI is InChI=1S/C20H23N3O3/c1-14(2)22(13-17-10-9-15(3)26-17)20(25)18-11-12-19(24)23(21-18)16-7-5-4-6-8-16/h4-10,14H,11-13H2,1-3H3. The Hall–Kier alpha value is -2.89. The van der Waals surface area contributed by atoms with Gasteiger partial charge in [0.15, 0.2) is 0 Å². The fourth-order valence-corrected chi connectivity index (χ4v) is 2.87. The number of aryl methyl sites for hydroxylation is 1. The minimum atomic E-state index is -0.164. The number of hydrogen-bond acceptors (Lipinski definition) is 4. The van der Waals surface area contributed by atoms with Crippen molar-refractivity contribution in [3.63, 3.8) is 0 Å². The molecule has 0 saturated carbocycles. The number of rotatable bonds is 5. The lowest BCUT2D eigenvalue weighted by atomic mass is 10.1. The molecule has 1 aliphatic heterocycles. The van der Waals surface area contributed by atoms with Gasteiger partial charge >= 0.3 is 0 Å². The molecule has 0 saturated heterocycles. The van der Waals surface area contributed by atoms with Crippen molar-refractivity contribution in [3.8, 4) is 0 Å². The third-order valence-corrected chi connectivity index (χ3v) is 4.29. The summed E-state index contributed by atoms with van der Waals surface area (Å²) in [7, 11) is 0. The molecule has 0 fully saturated rings. The van der Waals surface area contributed by atoms with Gasteiger partial charge in [-0.05, 0) is 45.0 Å². The lowest BCUT2D eigenvalue weighted by molar-refractivity contribution is -0.126. The first kappa shape index (κ1) is 17.9. The summed E-state index contributed by atoms with van der Waals surface area (Å²) in [6.07, 6.45) is 0.618. The van der Waals surface area contributed by atoms with Crippen LogP contribution < -0.4 is 5.01 Å². The van der Waals surface area contributed by atoms with E-state index < -0.39 is 0 Å². The number of para-hydroxylation sites is 1. The van der Waals surface area contributed by atoms with E-state index in [-0.39, 0.29) is 24.3 Å². The SMILES string of the molecule is Cc1ccc(CN(C(=O)C2=NN(c3ccccc3)C(=O)CC2)C(C)C)o1. The van der Waals surface area contributed by atoms with Gasteiger partial charge in [0.25, 0.3) is 5.91 Å². The fraction of sp³-hybridized carbons (Fsp3) is 0.350. The Morgan fingerprint density at radius 2 is 1.92 bits per heavy atom. The average Bonchev–Trinajstić information content (AvgIpc) is 3.05. The molecule has 0 N–H and O–H groups in total. The summed E-state index contributed by atoms with van der Waals surface area (Å²) in [4.78, 5) is 27.0. The van der Waals surface area contributed by atoms with Gasteiger partial charge in [0, 0.05) is 18.9 Å². The minimum absolute atomic E-state index is 0.0154. The zero-order valence-corrected chi connectivity index (χ0v) is 15.3. The van der Waals surface area contributed by atoms with Crippen LogP contribution in [0.2, 0.25) is 0 Å². The summed E-state index contributed by atoms with van der Waals surface area (Å²) in [5, 5.41) is 5.69. The first-order chi connectivity index (χ1) is 12.5. The summed E-state index contributed by atoms with van der Waals surface area (Å²) in [6, 6.07) is 12.9. The number of benzene rings is 1. The van der Waals surface area contributed by atoms with Crippen LogP contribution in [0.4, 0.5) is 5.69 Å². The molecule has 2 amide bonds. The van der Waals surface area contributed by atoms with Crippen molar-refractivity contribution in [1.82, 2.24) is 4.90 Å². The van der Waals surface area contributed by atoms with Crippen LogP contribution in [0.25, 0.3) is 0 Å². The lowest BCUT2D eigenvalue weighted by Gasteiger charge is -2.29. The average molecular weight is 353 g/mol. The maximum absolute atomic E-state index is 13.0. The summed E-state index contributed by atoms with van der Waals surface area (Å²) in [5.41, 5.74) is 1.06. The van der Waals surface area contributed by atoms with Crippen LogP contribution >= 0.6 is 0 Å². The number of amides is 2. The molecule has 2 heterocycles. The van der Waals surface area contributed by atoms with Crippen LogP contribution in [0.1, 0.15) is 38.2 Å². The molecule has 0 spiro atoms. The maximum Gasteiger partial charge on any atom is 0.270 e. The van der Waals surface area contributed by atoms with Crippen molar-refractivity contribution in [2.45, 2.75) is 46.2 Å². The normalized spacial score (nSPS) is 14.5. The van der Waals surface area contributed by atoms with Gasteiger partial charge in [0.2, 0.25) is 5.91 Å². The molecule has 0 radical (unpaired) electrons. The van der Waals surface area contributed by atoms with Gasteiger partial charge in [0.05, 0.1) is 12.2 Å². The number of anilines is 1.